The first kappa shape index (κ1) is 17.3. The van der Waals surface area contributed by atoms with Crippen molar-refractivity contribution in [2.75, 3.05) is 13.1 Å². The Hall–Kier alpha value is -2.08. The summed E-state index contributed by atoms with van der Waals surface area (Å²) < 4.78 is 5.35. The Morgan fingerprint density at radius 3 is 2.39 bits per heavy atom. The highest BCUT2D eigenvalue weighted by Gasteiger charge is 2.35. The number of rotatable bonds is 3. The minimum atomic E-state index is -0.680. The van der Waals surface area contributed by atoms with Crippen molar-refractivity contribution in [3.63, 3.8) is 0 Å². The smallest absolute Gasteiger partial charge is 0.429 e. The second kappa shape index (κ2) is 7.00. The summed E-state index contributed by atoms with van der Waals surface area (Å²) in [5.74, 6) is -0.253. The Balaban J connectivity index is 2.01. The van der Waals surface area contributed by atoms with E-state index in [1.54, 1.807) is 20.8 Å². The fourth-order valence-electron chi connectivity index (χ4n) is 2.49. The van der Waals surface area contributed by atoms with Crippen LogP contribution in [0.15, 0.2) is 30.3 Å². The summed E-state index contributed by atoms with van der Waals surface area (Å²) in [5.41, 5.74) is 6.45. The molecule has 1 fully saturated rings. The highest BCUT2D eigenvalue weighted by molar-refractivity contribution is 5.84. The van der Waals surface area contributed by atoms with Crippen LogP contribution in [0.2, 0.25) is 0 Å². The number of nitrogens with two attached hydrogens (primary N) is 1. The lowest BCUT2D eigenvalue weighted by atomic mass is 10.1. The number of benzene rings is 1. The van der Waals surface area contributed by atoms with Crippen LogP contribution in [0.4, 0.5) is 4.79 Å². The van der Waals surface area contributed by atoms with Gasteiger partial charge in [-0.15, -0.1) is 0 Å². The molecule has 0 saturated carbocycles. The van der Waals surface area contributed by atoms with Crippen molar-refractivity contribution in [3.8, 4) is 0 Å². The van der Waals surface area contributed by atoms with Crippen LogP contribution in [0, 0.1) is 0 Å². The monoisotopic (exact) mass is 319 g/mol. The zero-order valence-corrected chi connectivity index (χ0v) is 14.0. The molecule has 0 aromatic heterocycles. The molecule has 0 unspecified atom stereocenters. The van der Waals surface area contributed by atoms with Crippen LogP contribution in [-0.4, -0.2) is 46.8 Å². The fraction of sp³-hybridized carbons (Fsp3) is 0.529. The van der Waals surface area contributed by atoms with Gasteiger partial charge in [-0.1, -0.05) is 30.3 Å². The maximum Gasteiger partial charge on any atom is 0.429 e. The first-order chi connectivity index (χ1) is 10.8. The van der Waals surface area contributed by atoms with Gasteiger partial charge in [-0.2, -0.15) is 0 Å². The zero-order chi connectivity index (χ0) is 17.0. The molecule has 1 aliphatic heterocycles. The summed E-state index contributed by atoms with van der Waals surface area (Å²) in [7, 11) is 0. The molecule has 2 N–H and O–H groups in total. The second-order valence-electron chi connectivity index (χ2n) is 6.71. The number of ether oxygens (including phenoxy) is 1. The van der Waals surface area contributed by atoms with E-state index in [1.165, 1.54) is 10.0 Å². The van der Waals surface area contributed by atoms with Gasteiger partial charge in [0, 0.05) is 13.1 Å². The summed E-state index contributed by atoms with van der Waals surface area (Å²) >= 11 is 0. The summed E-state index contributed by atoms with van der Waals surface area (Å²) in [5, 5.41) is 2.78. The molecule has 0 radical (unpaired) electrons. The van der Waals surface area contributed by atoms with E-state index in [0.717, 1.165) is 12.0 Å². The Morgan fingerprint density at radius 2 is 1.78 bits per heavy atom. The van der Waals surface area contributed by atoms with Crippen LogP contribution in [0.25, 0.3) is 0 Å². The van der Waals surface area contributed by atoms with Crippen LogP contribution >= 0.6 is 0 Å². The van der Waals surface area contributed by atoms with E-state index < -0.39 is 17.7 Å². The maximum atomic E-state index is 12.6. The van der Waals surface area contributed by atoms with Gasteiger partial charge in [0.25, 0.3) is 5.91 Å². The van der Waals surface area contributed by atoms with Crippen molar-refractivity contribution in [2.24, 2.45) is 5.73 Å². The minimum Gasteiger partial charge on any atom is -0.442 e. The lowest BCUT2D eigenvalue weighted by molar-refractivity contribution is -0.144. The summed E-state index contributed by atoms with van der Waals surface area (Å²) in [6.45, 7) is 6.36. The number of hydrogen-bond donors (Lipinski definition) is 1. The standard InChI is InChI=1S/C17H25N3O3/c1-17(2,3)23-16(22)20-11-7-10-19(20)15(21)14(18)12-13-8-5-4-6-9-13/h4-6,8-9,14H,7,10-12,18H2,1-3H3/t14-/m0/s1. The molecule has 1 heterocycles. The van der Waals surface area contributed by atoms with Gasteiger partial charge in [0.05, 0.1) is 6.04 Å². The number of hydrogen-bond acceptors (Lipinski definition) is 4. The third kappa shape index (κ3) is 4.69. The molecule has 1 aliphatic rings. The van der Waals surface area contributed by atoms with Gasteiger partial charge in [-0.05, 0) is 39.2 Å². The van der Waals surface area contributed by atoms with Crippen LogP contribution < -0.4 is 5.73 Å². The Bertz CT molecular complexity index is 554. The van der Waals surface area contributed by atoms with Gasteiger partial charge in [0.15, 0.2) is 0 Å². The number of hydrazine groups is 1. The molecule has 23 heavy (non-hydrogen) atoms. The molecular formula is C17H25N3O3. The molecule has 0 spiro atoms. The van der Waals surface area contributed by atoms with E-state index >= 15 is 0 Å². The lowest BCUT2D eigenvalue weighted by Crippen LogP contribution is -2.52. The van der Waals surface area contributed by atoms with Gasteiger partial charge >= 0.3 is 6.09 Å². The fourth-order valence-corrected chi connectivity index (χ4v) is 2.49. The Labute approximate surface area is 137 Å². The predicted octanol–water partition coefficient (Wildman–Crippen LogP) is 1.94. The summed E-state index contributed by atoms with van der Waals surface area (Å²) in [6.07, 6.45) is 0.664. The minimum absolute atomic E-state index is 0.253. The van der Waals surface area contributed by atoms with E-state index in [2.05, 4.69) is 0 Å². The normalized spacial score (nSPS) is 16.3. The van der Waals surface area contributed by atoms with Crippen LogP contribution in [-0.2, 0) is 16.0 Å². The first-order valence-electron chi connectivity index (χ1n) is 7.89. The Morgan fingerprint density at radius 1 is 1.17 bits per heavy atom. The van der Waals surface area contributed by atoms with Crippen molar-refractivity contribution >= 4 is 12.0 Å². The third-order valence-corrected chi connectivity index (χ3v) is 3.51. The number of carbonyl (C=O) groups excluding carboxylic acids is 2. The molecule has 1 aromatic rings. The second-order valence-corrected chi connectivity index (χ2v) is 6.71. The molecule has 0 bridgehead atoms. The average molecular weight is 319 g/mol. The van der Waals surface area contributed by atoms with Gasteiger partial charge < -0.3 is 10.5 Å². The van der Waals surface area contributed by atoms with Crippen molar-refractivity contribution in [3.05, 3.63) is 35.9 Å². The van der Waals surface area contributed by atoms with E-state index in [0.29, 0.717) is 19.5 Å². The van der Waals surface area contributed by atoms with Crippen LogP contribution in [0.1, 0.15) is 32.8 Å². The average Bonchev–Trinajstić information content (AvgIpc) is 2.95. The van der Waals surface area contributed by atoms with Crippen LogP contribution in [0.3, 0.4) is 0 Å². The molecule has 1 aromatic carbocycles. The number of nitrogens with zero attached hydrogens (tertiary/aromatic N) is 2. The van der Waals surface area contributed by atoms with Crippen LogP contribution in [0.5, 0.6) is 0 Å². The highest BCUT2D eigenvalue weighted by Crippen LogP contribution is 2.18. The summed E-state index contributed by atoms with van der Waals surface area (Å²) in [4.78, 5) is 24.8. The molecule has 1 saturated heterocycles. The van der Waals surface area contributed by atoms with E-state index in [9.17, 15) is 9.59 Å². The number of amides is 2. The molecule has 0 aliphatic carbocycles. The lowest BCUT2D eigenvalue weighted by Gasteiger charge is -2.31. The van der Waals surface area contributed by atoms with Crippen molar-refractivity contribution in [2.45, 2.75) is 45.3 Å². The SMILES string of the molecule is CC(C)(C)OC(=O)N1CCCN1C(=O)[C@@H](N)Cc1ccccc1. The van der Waals surface area contributed by atoms with E-state index in [1.807, 2.05) is 30.3 Å². The maximum absolute atomic E-state index is 12.6. The predicted molar refractivity (Wildman–Crippen MR) is 87.4 cm³/mol. The highest BCUT2D eigenvalue weighted by atomic mass is 16.6. The van der Waals surface area contributed by atoms with Crippen molar-refractivity contribution < 1.29 is 14.3 Å². The molecule has 1 atom stereocenters. The molecule has 2 rings (SSSR count). The summed E-state index contributed by atoms with van der Waals surface area (Å²) in [6, 6.07) is 8.93. The van der Waals surface area contributed by atoms with Crippen molar-refractivity contribution in [1.29, 1.82) is 0 Å². The largest absolute Gasteiger partial charge is 0.442 e. The molecule has 2 amide bonds. The van der Waals surface area contributed by atoms with Gasteiger partial charge in [-0.3, -0.25) is 4.79 Å². The van der Waals surface area contributed by atoms with Gasteiger partial charge in [-0.25, -0.2) is 14.8 Å². The molecule has 6 heteroatoms. The third-order valence-electron chi connectivity index (χ3n) is 3.51. The Kier molecular flexibility index (Phi) is 5.26. The topological polar surface area (TPSA) is 75.9 Å². The van der Waals surface area contributed by atoms with Gasteiger partial charge in [0.2, 0.25) is 0 Å². The first-order valence-corrected chi connectivity index (χ1v) is 7.89. The van der Waals surface area contributed by atoms with Crippen molar-refractivity contribution in [1.82, 2.24) is 10.0 Å². The molecule has 126 valence electrons. The quantitative estimate of drug-likeness (QED) is 0.924. The van der Waals surface area contributed by atoms with Gasteiger partial charge in [0.1, 0.15) is 5.60 Å². The molecule has 6 nitrogen and oxygen atoms in total. The number of carbonyl (C=O) groups is 2. The van der Waals surface area contributed by atoms with E-state index in [-0.39, 0.29) is 5.91 Å². The zero-order valence-electron chi connectivity index (χ0n) is 14.0. The van der Waals surface area contributed by atoms with E-state index in [4.69, 9.17) is 10.5 Å². The molecular weight excluding hydrogens is 294 g/mol.